The van der Waals surface area contributed by atoms with Gasteiger partial charge in [0.1, 0.15) is 5.01 Å². The molecule has 2 N–H and O–H groups in total. The standard InChI is InChI=1S/C12H14N2S2/c1-7-5-6-10(15-7)11(13)12-14-8-3-2-4-9(8)16-12/h5-6,11H,2-4,13H2,1H3. The van der Waals surface area contributed by atoms with E-state index in [0.29, 0.717) is 0 Å². The first-order chi connectivity index (χ1) is 7.74. The summed E-state index contributed by atoms with van der Waals surface area (Å²) >= 11 is 3.58. The van der Waals surface area contributed by atoms with Gasteiger partial charge in [-0.15, -0.1) is 22.7 Å². The minimum atomic E-state index is -0.0192. The number of rotatable bonds is 2. The number of aryl methyl sites for hydroxylation is 3. The molecule has 0 saturated heterocycles. The highest BCUT2D eigenvalue weighted by Crippen LogP contribution is 2.33. The largest absolute Gasteiger partial charge is 0.318 e. The zero-order valence-corrected chi connectivity index (χ0v) is 10.8. The third kappa shape index (κ3) is 1.71. The molecule has 0 amide bonds. The van der Waals surface area contributed by atoms with Crippen LogP contribution in [0.5, 0.6) is 0 Å². The summed E-state index contributed by atoms with van der Waals surface area (Å²) in [5, 5.41) is 1.09. The van der Waals surface area contributed by atoms with E-state index >= 15 is 0 Å². The first kappa shape index (κ1) is 10.4. The quantitative estimate of drug-likeness (QED) is 0.889. The van der Waals surface area contributed by atoms with Crippen molar-refractivity contribution < 1.29 is 0 Å². The predicted octanol–water partition coefficient (Wildman–Crippen LogP) is 3.05. The van der Waals surface area contributed by atoms with E-state index in [4.69, 9.17) is 5.73 Å². The lowest BCUT2D eigenvalue weighted by atomic mass is 10.2. The highest BCUT2D eigenvalue weighted by atomic mass is 32.1. The molecule has 84 valence electrons. The van der Waals surface area contributed by atoms with Crippen LogP contribution in [0.15, 0.2) is 12.1 Å². The van der Waals surface area contributed by atoms with Crippen molar-refractivity contribution in [2.24, 2.45) is 5.73 Å². The molecule has 0 saturated carbocycles. The molecule has 4 heteroatoms. The van der Waals surface area contributed by atoms with Gasteiger partial charge in [0.05, 0.1) is 11.7 Å². The Balaban J connectivity index is 1.91. The molecule has 3 rings (SSSR count). The molecule has 1 unspecified atom stereocenters. The maximum absolute atomic E-state index is 6.25. The molecule has 0 aromatic carbocycles. The molecule has 2 heterocycles. The van der Waals surface area contributed by atoms with Crippen molar-refractivity contribution in [3.05, 3.63) is 37.5 Å². The lowest BCUT2D eigenvalue weighted by Gasteiger charge is -2.05. The van der Waals surface area contributed by atoms with E-state index in [9.17, 15) is 0 Å². The summed E-state index contributed by atoms with van der Waals surface area (Å²) in [4.78, 5) is 8.67. The van der Waals surface area contributed by atoms with E-state index in [1.165, 1.54) is 33.2 Å². The van der Waals surface area contributed by atoms with Crippen LogP contribution in [-0.2, 0) is 12.8 Å². The number of thiophene rings is 1. The van der Waals surface area contributed by atoms with E-state index in [0.717, 1.165) is 11.4 Å². The number of hydrogen-bond acceptors (Lipinski definition) is 4. The Morgan fingerprint density at radius 3 is 2.88 bits per heavy atom. The molecule has 2 aromatic heterocycles. The number of nitrogens with two attached hydrogens (primary N) is 1. The second kappa shape index (κ2) is 3.95. The number of hydrogen-bond donors (Lipinski definition) is 1. The van der Waals surface area contributed by atoms with Crippen LogP contribution in [0.3, 0.4) is 0 Å². The van der Waals surface area contributed by atoms with Gasteiger partial charge in [-0.2, -0.15) is 0 Å². The van der Waals surface area contributed by atoms with Gasteiger partial charge < -0.3 is 5.73 Å². The third-order valence-corrected chi connectivity index (χ3v) is 5.27. The molecule has 1 aliphatic rings. The van der Waals surface area contributed by atoms with Crippen LogP contribution in [0.4, 0.5) is 0 Å². The molecule has 1 aliphatic carbocycles. The lowest BCUT2D eigenvalue weighted by molar-refractivity contribution is 0.847. The monoisotopic (exact) mass is 250 g/mol. The molecule has 0 aliphatic heterocycles. The Labute approximate surface area is 103 Å². The van der Waals surface area contributed by atoms with Gasteiger partial charge in [-0.25, -0.2) is 4.98 Å². The van der Waals surface area contributed by atoms with Crippen molar-refractivity contribution in [1.29, 1.82) is 0 Å². The second-order valence-electron chi connectivity index (χ2n) is 4.20. The molecule has 16 heavy (non-hydrogen) atoms. The zero-order valence-electron chi connectivity index (χ0n) is 9.19. The minimum absolute atomic E-state index is 0.0192. The summed E-state index contributed by atoms with van der Waals surface area (Å²) < 4.78 is 0. The van der Waals surface area contributed by atoms with Gasteiger partial charge in [0.15, 0.2) is 0 Å². The van der Waals surface area contributed by atoms with Crippen molar-refractivity contribution in [3.8, 4) is 0 Å². The van der Waals surface area contributed by atoms with Gasteiger partial charge in [-0.05, 0) is 38.3 Å². The molecular formula is C12H14N2S2. The third-order valence-electron chi connectivity index (χ3n) is 2.95. The molecule has 2 nitrogen and oxygen atoms in total. The molecule has 1 atom stereocenters. The first-order valence-electron chi connectivity index (χ1n) is 5.54. The number of thiazole rings is 1. The van der Waals surface area contributed by atoms with E-state index < -0.39 is 0 Å². The van der Waals surface area contributed by atoms with Crippen LogP contribution in [0.1, 0.15) is 37.8 Å². The fourth-order valence-electron chi connectivity index (χ4n) is 2.09. The maximum Gasteiger partial charge on any atom is 0.115 e. The molecule has 0 spiro atoms. The van der Waals surface area contributed by atoms with E-state index in [-0.39, 0.29) is 6.04 Å². The zero-order chi connectivity index (χ0) is 11.1. The van der Waals surface area contributed by atoms with Gasteiger partial charge in [0.25, 0.3) is 0 Å². The molecule has 0 radical (unpaired) electrons. The van der Waals surface area contributed by atoms with Gasteiger partial charge in [-0.3, -0.25) is 0 Å². The summed E-state index contributed by atoms with van der Waals surface area (Å²) in [6, 6.07) is 4.23. The van der Waals surface area contributed by atoms with Crippen LogP contribution < -0.4 is 5.73 Å². The van der Waals surface area contributed by atoms with Crippen LogP contribution in [0.25, 0.3) is 0 Å². The number of fused-ring (bicyclic) bond motifs is 1. The summed E-state index contributed by atoms with van der Waals surface area (Å²) in [6.45, 7) is 2.11. The van der Waals surface area contributed by atoms with Gasteiger partial charge in [0.2, 0.25) is 0 Å². The summed E-state index contributed by atoms with van der Waals surface area (Å²) in [5.41, 5.74) is 7.54. The first-order valence-corrected chi connectivity index (χ1v) is 7.18. The van der Waals surface area contributed by atoms with Crippen molar-refractivity contribution >= 4 is 22.7 Å². The minimum Gasteiger partial charge on any atom is -0.318 e. The van der Waals surface area contributed by atoms with Crippen LogP contribution >= 0.6 is 22.7 Å². The predicted molar refractivity (Wildman–Crippen MR) is 69.2 cm³/mol. The molecule has 0 bridgehead atoms. The maximum atomic E-state index is 6.25. The second-order valence-corrected chi connectivity index (χ2v) is 6.64. The summed E-state index contributed by atoms with van der Waals surface area (Å²) in [7, 11) is 0. The van der Waals surface area contributed by atoms with Gasteiger partial charge in [0, 0.05) is 14.6 Å². The lowest BCUT2D eigenvalue weighted by Crippen LogP contribution is -2.09. The van der Waals surface area contributed by atoms with Crippen LogP contribution in [-0.4, -0.2) is 4.98 Å². The highest BCUT2D eigenvalue weighted by Gasteiger charge is 2.21. The average molecular weight is 250 g/mol. The van der Waals surface area contributed by atoms with Crippen LogP contribution in [0.2, 0.25) is 0 Å². The Bertz CT molecular complexity index is 491. The SMILES string of the molecule is Cc1ccc(C(N)c2nc3c(s2)CCC3)s1. The van der Waals surface area contributed by atoms with Crippen LogP contribution in [0, 0.1) is 6.92 Å². The molecule has 0 fully saturated rings. The van der Waals surface area contributed by atoms with Gasteiger partial charge >= 0.3 is 0 Å². The topological polar surface area (TPSA) is 38.9 Å². The fourth-order valence-corrected chi connectivity index (χ4v) is 4.22. The van der Waals surface area contributed by atoms with Crippen molar-refractivity contribution in [3.63, 3.8) is 0 Å². The van der Waals surface area contributed by atoms with E-state index in [1.54, 1.807) is 22.7 Å². The fraction of sp³-hybridized carbons (Fsp3) is 0.417. The van der Waals surface area contributed by atoms with Crippen molar-refractivity contribution in [2.45, 2.75) is 32.2 Å². The van der Waals surface area contributed by atoms with E-state index in [1.807, 2.05) is 0 Å². The van der Waals surface area contributed by atoms with Crippen molar-refractivity contribution in [1.82, 2.24) is 4.98 Å². The van der Waals surface area contributed by atoms with Gasteiger partial charge in [-0.1, -0.05) is 0 Å². The molecular weight excluding hydrogens is 236 g/mol. The Morgan fingerprint density at radius 1 is 1.31 bits per heavy atom. The highest BCUT2D eigenvalue weighted by molar-refractivity contribution is 7.13. The average Bonchev–Trinajstić information content (AvgIpc) is 2.89. The summed E-state index contributed by atoms with van der Waals surface area (Å²) in [5.74, 6) is 0. The summed E-state index contributed by atoms with van der Waals surface area (Å²) in [6.07, 6.45) is 3.60. The number of nitrogens with zero attached hydrogens (tertiary/aromatic N) is 1. The normalized spacial score (nSPS) is 16.4. The Kier molecular flexibility index (Phi) is 2.58. The Hall–Kier alpha value is -0.710. The molecule has 2 aromatic rings. The number of aromatic nitrogens is 1. The smallest absolute Gasteiger partial charge is 0.115 e. The van der Waals surface area contributed by atoms with Crippen molar-refractivity contribution in [2.75, 3.05) is 0 Å². The van der Waals surface area contributed by atoms with E-state index in [2.05, 4.69) is 24.0 Å². The Morgan fingerprint density at radius 2 is 2.19 bits per heavy atom.